The first kappa shape index (κ1) is 9.47. The van der Waals surface area contributed by atoms with Crippen molar-refractivity contribution in [2.75, 3.05) is 11.9 Å². The van der Waals surface area contributed by atoms with Gasteiger partial charge in [-0.05, 0) is 18.2 Å². The summed E-state index contributed by atoms with van der Waals surface area (Å²) in [6, 6.07) is 8.21. The van der Waals surface area contributed by atoms with Gasteiger partial charge in [0.05, 0.1) is 0 Å². The topological polar surface area (TPSA) is 50.7 Å². The fourth-order valence-electron chi connectivity index (χ4n) is 1.73. The molecule has 0 atom stereocenters. The van der Waals surface area contributed by atoms with Crippen LogP contribution in [0.3, 0.4) is 0 Å². The fraction of sp³-hybridized carbons (Fsp3) is 0.182. The highest BCUT2D eigenvalue weighted by atomic mass is 32.1. The van der Waals surface area contributed by atoms with Gasteiger partial charge in [0.1, 0.15) is 10.2 Å². The van der Waals surface area contributed by atoms with Gasteiger partial charge in [-0.15, -0.1) is 21.5 Å². The maximum absolute atomic E-state index is 4.12. The molecule has 1 aromatic carbocycles. The second-order valence-corrected chi connectivity index (χ2v) is 4.50. The van der Waals surface area contributed by atoms with Crippen molar-refractivity contribution in [2.24, 2.45) is 0 Å². The van der Waals surface area contributed by atoms with Gasteiger partial charge in [-0.3, -0.25) is 0 Å². The predicted octanol–water partition coefficient (Wildman–Crippen LogP) is 2.67. The molecule has 0 bridgehead atoms. The Balaban J connectivity index is 2.39. The van der Waals surface area contributed by atoms with Crippen LogP contribution in [-0.4, -0.2) is 22.0 Å². The van der Waals surface area contributed by atoms with E-state index in [-0.39, 0.29) is 0 Å². The minimum Gasteiger partial charge on any atom is -0.368 e. The van der Waals surface area contributed by atoms with Crippen LogP contribution in [0.1, 0.15) is 6.92 Å². The van der Waals surface area contributed by atoms with E-state index in [2.05, 4.69) is 32.9 Å². The van der Waals surface area contributed by atoms with Gasteiger partial charge in [-0.2, -0.15) is 0 Å². The van der Waals surface area contributed by atoms with Crippen LogP contribution in [0.25, 0.3) is 20.3 Å². The Hall–Kier alpha value is -1.75. The van der Waals surface area contributed by atoms with E-state index in [0.717, 1.165) is 28.0 Å². The Morgan fingerprint density at radius 3 is 3.00 bits per heavy atom. The van der Waals surface area contributed by atoms with Crippen molar-refractivity contribution in [3.05, 3.63) is 24.3 Å². The highest BCUT2D eigenvalue weighted by molar-refractivity contribution is 7.26. The van der Waals surface area contributed by atoms with Gasteiger partial charge in [0.15, 0.2) is 5.82 Å². The number of rotatable bonds is 2. The molecule has 0 spiro atoms. The summed E-state index contributed by atoms with van der Waals surface area (Å²) in [6.07, 6.45) is 0. The maximum atomic E-state index is 4.12. The van der Waals surface area contributed by atoms with Crippen LogP contribution in [0.2, 0.25) is 0 Å². The van der Waals surface area contributed by atoms with Crippen LogP contribution in [-0.2, 0) is 0 Å². The molecule has 0 fully saturated rings. The molecular weight excluding hydrogens is 220 g/mol. The molecule has 0 aliphatic rings. The lowest BCUT2D eigenvalue weighted by Gasteiger charge is -1.99. The van der Waals surface area contributed by atoms with Gasteiger partial charge < -0.3 is 5.32 Å². The number of aromatic nitrogens is 3. The normalized spacial score (nSPS) is 11.1. The number of hydrogen-bond acceptors (Lipinski definition) is 5. The molecule has 2 aromatic heterocycles. The van der Waals surface area contributed by atoms with Crippen molar-refractivity contribution in [1.82, 2.24) is 15.4 Å². The molecule has 0 aliphatic carbocycles. The van der Waals surface area contributed by atoms with E-state index in [9.17, 15) is 0 Å². The molecule has 5 heteroatoms. The molecule has 0 amide bonds. The molecule has 0 saturated heterocycles. The molecule has 2 heterocycles. The minimum atomic E-state index is 0.828. The largest absolute Gasteiger partial charge is 0.368 e. The first-order valence-electron chi connectivity index (χ1n) is 5.14. The number of fused-ring (bicyclic) bond motifs is 3. The molecule has 3 rings (SSSR count). The zero-order valence-electron chi connectivity index (χ0n) is 8.77. The smallest absolute Gasteiger partial charge is 0.170 e. The van der Waals surface area contributed by atoms with Gasteiger partial charge in [0.25, 0.3) is 0 Å². The third-order valence-electron chi connectivity index (χ3n) is 2.42. The molecule has 3 aromatic rings. The highest BCUT2D eigenvalue weighted by Gasteiger charge is 2.10. The molecule has 4 nitrogen and oxygen atoms in total. The second kappa shape index (κ2) is 3.68. The number of benzene rings is 1. The number of hydrogen-bond donors (Lipinski definition) is 1. The van der Waals surface area contributed by atoms with Gasteiger partial charge in [0, 0.05) is 16.6 Å². The summed E-state index contributed by atoms with van der Waals surface area (Å²) in [4.78, 5) is 0. The Morgan fingerprint density at radius 2 is 2.12 bits per heavy atom. The van der Waals surface area contributed by atoms with Gasteiger partial charge in [0.2, 0.25) is 0 Å². The molecule has 0 aliphatic heterocycles. The van der Waals surface area contributed by atoms with Crippen molar-refractivity contribution in [2.45, 2.75) is 6.92 Å². The third-order valence-corrected chi connectivity index (χ3v) is 3.58. The number of anilines is 1. The van der Waals surface area contributed by atoms with Crippen LogP contribution in [0.4, 0.5) is 5.82 Å². The van der Waals surface area contributed by atoms with E-state index >= 15 is 0 Å². The van der Waals surface area contributed by atoms with E-state index in [4.69, 9.17) is 0 Å². The average Bonchev–Trinajstić information content (AvgIpc) is 2.69. The monoisotopic (exact) mass is 230 g/mol. The number of nitrogens with one attached hydrogen (secondary N) is 1. The Bertz CT molecular complexity index is 647. The lowest BCUT2D eigenvalue weighted by molar-refractivity contribution is 0.897. The summed E-state index contributed by atoms with van der Waals surface area (Å²) >= 11 is 1.70. The van der Waals surface area contributed by atoms with E-state index in [1.165, 1.54) is 4.70 Å². The summed E-state index contributed by atoms with van der Waals surface area (Å²) in [7, 11) is 0. The van der Waals surface area contributed by atoms with E-state index < -0.39 is 0 Å². The lowest BCUT2D eigenvalue weighted by Crippen LogP contribution is -2.01. The molecule has 0 unspecified atom stereocenters. The zero-order valence-corrected chi connectivity index (χ0v) is 9.58. The Labute approximate surface area is 96.3 Å². The summed E-state index contributed by atoms with van der Waals surface area (Å²) < 4.78 is 2.30. The van der Waals surface area contributed by atoms with Crippen LogP contribution in [0, 0.1) is 0 Å². The molecule has 16 heavy (non-hydrogen) atoms. The number of thiophene rings is 1. The van der Waals surface area contributed by atoms with Crippen LogP contribution in [0.15, 0.2) is 24.3 Å². The fourth-order valence-corrected chi connectivity index (χ4v) is 2.83. The van der Waals surface area contributed by atoms with Crippen LogP contribution >= 0.6 is 11.3 Å². The van der Waals surface area contributed by atoms with Gasteiger partial charge in [-0.25, -0.2) is 0 Å². The standard InChI is InChI=1S/C11H10N4S/c1-2-12-11-10-9(13-15-14-11)7-5-3-4-6-8(7)16-10/h3-6H,2H2,1H3,(H,12,13,14). The molecular formula is C11H10N4S. The van der Waals surface area contributed by atoms with Crippen molar-refractivity contribution in [1.29, 1.82) is 0 Å². The highest BCUT2D eigenvalue weighted by Crippen LogP contribution is 2.34. The summed E-state index contributed by atoms with van der Waals surface area (Å²) in [5, 5.41) is 16.3. The zero-order chi connectivity index (χ0) is 11.0. The van der Waals surface area contributed by atoms with E-state index in [1.807, 2.05) is 19.1 Å². The minimum absolute atomic E-state index is 0.828. The van der Waals surface area contributed by atoms with Crippen molar-refractivity contribution in [3.8, 4) is 0 Å². The number of nitrogens with zero attached hydrogens (tertiary/aromatic N) is 3. The van der Waals surface area contributed by atoms with Crippen LogP contribution in [0.5, 0.6) is 0 Å². The van der Waals surface area contributed by atoms with Gasteiger partial charge >= 0.3 is 0 Å². The van der Waals surface area contributed by atoms with E-state index in [0.29, 0.717) is 0 Å². The molecule has 0 saturated carbocycles. The second-order valence-electron chi connectivity index (χ2n) is 3.44. The average molecular weight is 230 g/mol. The Morgan fingerprint density at radius 1 is 1.25 bits per heavy atom. The van der Waals surface area contributed by atoms with Crippen molar-refractivity contribution < 1.29 is 0 Å². The molecule has 80 valence electrons. The van der Waals surface area contributed by atoms with Crippen LogP contribution < -0.4 is 5.32 Å². The Kier molecular flexibility index (Phi) is 2.18. The summed E-state index contributed by atoms with van der Waals surface area (Å²) in [5.41, 5.74) is 0.937. The SMILES string of the molecule is CCNc1nnnc2c1sc1ccccc12. The first-order chi connectivity index (χ1) is 7.90. The molecule has 0 radical (unpaired) electrons. The van der Waals surface area contributed by atoms with Crippen molar-refractivity contribution >= 4 is 37.5 Å². The van der Waals surface area contributed by atoms with Crippen molar-refractivity contribution in [3.63, 3.8) is 0 Å². The predicted molar refractivity (Wildman–Crippen MR) is 66.9 cm³/mol. The molecule has 1 N–H and O–H groups in total. The first-order valence-corrected chi connectivity index (χ1v) is 5.96. The maximum Gasteiger partial charge on any atom is 0.170 e. The third kappa shape index (κ3) is 1.32. The summed E-state index contributed by atoms with van der Waals surface area (Å²) in [5.74, 6) is 0.828. The lowest BCUT2D eigenvalue weighted by atomic mass is 10.2. The summed E-state index contributed by atoms with van der Waals surface area (Å²) in [6.45, 7) is 2.88. The van der Waals surface area contributed by atoms with E-state index in [1.54, 1.807) is 11.3 Å². The van der Waals surface area contributed by atoms with Gasteiger partial charge in [-0.1, -0.05) is 18.2 Å². The quantitative estimate of drug-likeness (QED) is 0.735.